The van der Waals surface area contributed by atoms with Gasteiger partial charge in [0.15, 0.2) is 0 Å². The van der Waals surface area contributed by atoms with Crippen molar-refractivity contribution in [2.45, 2.75) is 30.2 Å². The number of hydrogen-bond donors (Lipinski definition) is 3. The molecule has 6 nitrogen and oxygen atoms in total. The molecule has 0 aliphatic carbocycles. The Kier molecular flexibility index (Phi) is 7.79. The van der Waals surface area contributed by atoms with Crippen LogP contribution in [0.5, 0.6) is 0 Å². The predicted molar refractivity (Wildman–Crippen MR) is 109 cm³/mol. The van der Waals surface area contributed by atoms with E-state index >= 15 is 0 Å². The zero-order valence-electron chi connectivity index (χ0n) is 15.2. The molecule has 2 aromatic carbocycles. The van der Waals surface area contributed by atoms with Crippen molar-refractivity contribution in [1.29, 1.82) is 0 Å². The Morgan fingerprint density at radius 2 is 1.79 bits per heavy atom. The lowest BCUT2D eigenvalue weighted by Crippen LogP contribution is -2.37. The van der Waals surface area contributed by atoms with Crippen LogP contribution in [0, 0.1) is 5.82 Å². The minimum atomic E-state index is -3.79. The van der Waals surface area contributed by atoms with Gasteiger partial charge in [0.25, 0.3) is 10.0 Å². The van der Waals surface area contributed by atoms with Crippen molar-refractivity contribution in [3.63, 3.8) is 0 Å². The largest absolute Gasteiger partial charge is 0.354 e. The van der Waals surface area contributed by atoms with Gasteiger partial charge in [-0.15, -0.1) is 12.4 Å². The Labute approximate surface area is 170 Å². The first kappa shape index (κ1) is 22.1. The molecular formula is C19H23ClFN3O3S. The number of halogens is 2. The van der Waals surface area contributed by atoms with E-state index in [1.807, 2.05) is 0 Å². The van der Waals surface area contributed by atoms with Crippen LogP contribution in [0.4, 0.5) is 10.1 Å². The Bertz CT molecular complexity index is 884. The topological polar surface area (TPSA) is 87.3 Å². The lowest BCUT2D eigenvalue weighted by molar-refractivity contribution is -0.120. The van der Waals surface area contributed by atoms with E-state index in [1.54, 1.807) is 24.3 Å². The van der Waals surface area contributed by atoms with Crippen molar-refractivity contribution >= 4 is 34.0 Å². The van der Waals surface area contributed by atoms with Crippen molar-refractivity contribution in [3.8, 4) is 0 Å². The summed E-state index contributed by atoms with van der Waals surface area (Å²) in [7, 11) is -3.79. The van der Waals surface area contributed by atoms with Crippen molar-refractivity contribution in [2.24, 2.45) is 0 Å². The van der Waals surface area contributed by atoms with E-state index in [0.29, 0.717) is 18.3 Å². The first-order chi connectivity index (χ1) is 12.9. The molecule has 3 rings (SSSR count). The molecule has 1 unspecified atom stereocenters. The molecule has 0 bridgehead atoms. The molecule has 1 saturated heterocycles. The third-order valence-corrected chi connectivity index (χ3v) is 5.80. The van der Waals surface area contributed by atoms with E-state index in [4.69, 9.17) is 0 Å². The van der Waals surface area contributed by atoms with E-state index in [0.717, 1.165) is 37.1 Å². The maximum atomic E-state index is 12.9. The summed E-state index contributed by atoms with van der Waals surface area (Å²) in [5.41, 5.74) is 1.16. The normalized spacial score (nSPS) is 16.2. The number of benzene rings is 2. The Balaban J connectivity index is 0.00000280. The van der Waals surface area contributed by atoms with E-state index < -0.39 is 15.8 Å². The fraction of sp³-hybridized carbons (Fsp3) is 0.316. The number of hydrogen-bond acceptors (Lipinski definition) is 4. The maximum Gasteiger partial charge on any atom is 0.261 e. The quantitative estimate of drug-likeness (QED) is 0.633. The molecule has 0 saturated carbocycles. The van der Waals surface area contributed by atoms with Crippen molar-refractivity contribution < 1.29 is 17.6 Å². The highest BCUT2D eigenvalue weighted by molar-refractivity contribution is 7.92. The molecule has 0 radical (unpaired) electrons. The Morgan fingerprint density at radius 3 is 2.39 bits per heavy atom. The van der Waals surface area contributed by atoms with Gasteiger partial charge in [-0.1, -0.05) is 12.1 Å². The second kappa shape index (κ2) is 9.86. The van der Waals surface area contributed by atoms with Crippen molar-refractivity contribution in [3.05, 3.63) is 59.9 Å². The average Bonchev–Trinajstić information content (AvgIpc) is 3.15. The van der Waals surface area contributed by atoms with E-state index in [9.17, 15) is 17.6 Å². The summed E-state index contributed by atoms with van der Waals surface area (Å²) in [6.45, 7) is 1.62. The number of nitrogens with one attached hydrogen (secondary N) is 3. The molecular weight excluding hydrogens is 405 g/mol. The molecule has 1 atom stereocenters. The summed E-state index contributed by atoms with van der Waals surface area (Å²) >= 11 is 0. The molecule has 0 aromatic heterocycles. The minimum Gasteiger partial charge on any atom is -0.354 e. The van der Waals surface area contributed by atoms with E-state index in [2.05, 4.69) is 15.4 Å². The van der Waals surface area contributed by atoms with Gasteiger partial charge < -0.3 is 10.6 Å². The second-order valence-electron chi connectivity index (χ2n) is 6.53. The number of sulfonamides is 1. The van der Waals surface area contributed by atoms with Gasteiger partial charge in [-0.3, -0.25) is 9.52 Å². The number of rotatable bonds is 7. The van der Waals surface area contributed by atoms with Crippen LogP contribution in [0.3, 0.4) is 0 Å². The van der Waals surface area contributed by atoms with Crippen LogP contribution in [0.1, 0.15) is 18.4 Å². The summed E-state index contributed by atoms with van der Waals surface area (Å²) in [5.74, 6) is -0.566. The highest BCUT2D eigenvalue weighted by atomic mass is 35.5. The Hall–Kier alpha value is -2.16. The maximum absolute atomic E-state index is 12.9. The van der Waals surface area contributed by atoms with Crippen molar-refractivity contribution in [1.82, 2.24) is 10.6 Å². The Morgan fingerprint density at radius 1 is 1.11 bits per heavy atom. The number of carbonyl (C=O) groups excluding carboxylic acids is 1. The van der Waals surface area contributed by atoms with Crippen LogP contribution >= 0.6 is 12.4 Å². The molecule has 152 valence electrons. The first-order valence-electron chi connectivity index (χ1n) is 8.80. The van der Waals surface area contributed by atoms with Gasteiger partial charge in [0.05, 0.1) is 11.3 Å². The molecule has 28 heavy (non-hydrogen) atoms. The van der Waals surface area contributed by atoms with E-state index in [-0.39, 0.29) is 29.6 Å². The number of amides is 1. The van der Waals surface area contributed by atoms with Crippen LogP contribution in [-0.2, 0) is 21.2 Å². The van der Waals surface area contributed by atoms with Crippen LogP contribution < -0.4 is 15.4 Å². The highest BCUT2D eigenvalue weighted by Crippen LogP contribution is 2.17. The second-order valence-corrected chi connectivity index (χ2v) is 8.21. The molecule has 1 aliphatic rings. The summed E-state index contributed by atoms with van der Waals surface area (Å²) in [5, 5.41) is 6.23. The van der Waals surface area contributed by atoms with Gasteiger partial charge in [-0.25, -0.2) is 12.8 Å². The van der Waals surface area contributed by atoms with Gasteiger partial charge >= 0.3 is 0 Å². The third-order valence-electron chi connectivity index (χ3n) is 4.40. The standard InChI is InChI=1S/C19H22FN3O3S.ClH/c20-15-5-9-18(10-6-15)27(25,26)23-16-7-3-14(4-8-16)12-19(24)22-13-17-2-1-11-21-17;/h3-10,17,21,23H,1-2,11-13H2,(H,22,24);1H. The zero-order chi connectivity index (χ0) is 19.3. The summed E-state index contributed by atoms with van der Waals surface area (Å²) in [4.78, 5) is 12.0. The summed E-state index contributed by atoms with van der Waals surface area (Å²) in [6, 6.07) is 11.5. The molecule has 1 fully saturated rings. The van der Waals surface area contributed by atoms with Crippen LogP contribution in [-0.4, -0.2) is 33.5 Å². The van der Waals surface area contributed by atoms with Crippen LogP contribution in [0.15, 0.2) is 53.4 Å². The van der Waals surface area contributed by atoms with E-state index in [1.165, 1.54) is 12.1 Å². The summed E-state index contributed by atoms with van der Waals surface area (Å²) in [6.07, 6.45) is 2.44. The molecule has 3 N–H and O–H groups in total. The fourth-order valence-corrected chi connectivity index (χ4v) is 3.99. The lowest BCUT2D eigenvalue weighted by atomic mass is 10.1. The first-order valence-corrected chi connectivity index (χ1v) is 10.3. The highest BCUT2D eigenvalue weighted by Gasteiger charge is 2.16. The third kappa shape index (κ3) is 6.19. The van der Waals surface area contributed by atoms with Gasteiger partial charge in [0.1, 0.15) is 5.82 Å². The number of anilines is 1. The fourth-order valence-electron chi connectivity index (χ4n) is 2.93. The molecule has 2 aromatic rings. The SMILES string of the molecule is Cl.O=C(Cc1ccc(NS(=O)(=O)c2ccc(F)cc2)cc1)NCC1CCCN1. The zero-order valence-corrected chi connectivity index (χ0v) is 16.8. The predicted octanol–water partition coefficient (Wildman–Crippen LogP) is 2.46. The van der Waals surface area contributed by atoms with Crippen LogP contribution in [0.2, 0.25) is 0 Å². The lowest BCUT2D eigenvalue weighted by Gasteiger charge is -2.12. The molecule has 9 heteroatoms. The van der Waals surface area contributed by atoms with Gasteiger partial charge in [0.2, 0.25) is 5.91 Å². The van der Waals surface area contributed by atoms with Gasteiger partial charge in [0, 0.05) is 18.3 Å². The molecule has 1 aliphatic heterocycles. The molecule has 0 spiro atoms. The minimum absolute atomic E-state index is 0. The summed E-state index contributed by atoms with van der Waals surface area (Å²) < 4.78 is 39.9. The van der Waals surface area contributed by atoms with Gasteiger partial charge in [-0.05, 0) is 61.3 Å². The van der Waals surface area contributed by atoms with Crippen molar-refractivity contribution in [2.75, 3.05) is 17.8 Å². The molecule has 1 heterocycles. The van der Waals surface area contributed by atoms with Gasteiger partial charge in [-0.2, -0.15) is 0 Å². The molecule has 1 amide bonds. The average molecular weight is 428 g/mol. The van der Waals surface area contributed by atoms with Crippen LogP contribution in [0.25, 0.3) is 0 Å². The smallest absolute Gasteiger partial charge is 0.261 e. The monoisotopic (exact) mass is 427 g/mol. The number of carbonyl (C=O) groups is 1.